The van der Waals surface area contributed by atoms with Gasteiger partial charge in [0.1, 0.15) is 0 Å². The van der Waals surface area contributed by atoms with Crippen molar-refractivity contribution >= 4 is 15.5 Å². The molecule has 1 N–H and O–H groups in total. The van der Waals surface area contributed by atoms with Gasteiger partial charge in [-0.25, -0.2) is 0 Å². The van der Waals surface area contributed by atoms with Gasteiger partial charge in [0.05, 0.1) is 0 Å². The Labute approximate surface area is 59.3 Å². The van der Waals surface area contributed by atoms with Crippen LogP contribution in [0.5, 0.6) is 0 Å². The SMILES string of the molecule is [H-].[Na+].[O]=[Al][O]O. The van der Waals surface area contributed by atoms with Gasteiger partial charge in [0.25, 0.3) is 0 Å². The van der Waals surface area contributed by atoms with Crippen LogP contribution in [0.4, 0.5) is 0 Å². The summed E-state index contributed by atoms with van der Waals surface area (Å²) in [4.78, 5) is 0. The monoisotopic (exact) mass is 100.0 g/mol. The summed E-state index contributed by atoms with van der Waals surface area (Å²) < 4.78 is 12.0. The third-order valence-electron chi connectivity index (χ3n) is 0.0430. The molecule has 0 aliphatic rings. The molecule has 0 heterocycles. The van der Waals surface area contributed by atoms with Crippen LogP contribution in [0.3, 0.4) is 0 Å². The first-order valence-corrected chi connectivity index (χ1v) is 1.60. The molecule has 0 aromatic heterocycles. The molecule has 3 nitrogen and oxygen atoms in total. The first-order chi connectivity index (χ1) is 1.91. The predicted octanol–water partition coefficient (Wildman–Crippen LogP) is -3.44. The molecule has 0 aliphatic heterocycles. The van der Waals surface area contributed by atoms with Gasteiger partial charge in [-0.1, -0.05) is 0 Å². The van der Waals surface area contributed by atoms with Crippen molar-refractivity contribution in [3.05, 3.63) is 0 Å². The molecule has 0 fully saturated rings. The van der Waals surface area contributed by atoms with Gasteiger partial charge >= 0.3 is 58.0 Å². The fourth-order valence-electron chi connectivity index (χ4n) is 0. The van der Waals surface area contributed by atoms with E-state index >= 15 is 0 Å². The minimum atomic E-state index is -1.41. The van der Waals surface area contributed by atoms with Gasteiger partial charge < -0.3 is 1.43 Å². The summed E-state index contributed by atoms with van der Waals surface area (Å²) in [6, 6.07) is 0. The predicted molar refractivity (Wildman–Crippen MR) is 11.3 cm³/mol. The van der Waals surface area contributed by atoms with Crippen LogP contribution in [0.1, 0.15) is 1.43 Å². The Balaban J connectivity index is -0.0000000450. The van der Waals surface area contributed by atoms with Crippen LogP contribution in [0.2, 0.25) is 0 Å². The number of hydrogen-bond donors (Lipinski definition) is 1. The van der Waals surface area contributed by atoms with Crippen molar-refractivity contribution in [1.29, 1.82) is 0 Å². The van der Waals surface area contributed by atoms with Crippen LogP contribution in [-0.2, 0) is 7.74 Å². The molecule has 0 rings (SSSR count). The minimum absolute atomic E-state index is 0. The Kier molecular flexibility index (Phi) is 16.8. The molecule has 24 valence electrons. The van der Waals surface area contributed by atoms with E-state index in [4.69, 9.17) is 9.06 Å². The van der Waals surface area contributed by atoms with Crippen molar-refractivity contribution in [2.24, 2.45) is 0 Å². The molecule has 5 heteroatoms. The molecule has 0 aromatic rings. The van der Waals surface area contributed by atoms with E-state index in [1.165, 1.54) is 0 Å². The fraction of sp³-hybridized carbons (Fsp3) is 0. The first kappa shape index (κ1) is 9.43. The van der Waals surface area contributed by atoms with Crippen LogP contribution in [0.25, 0.3) is 0 Å². The molecule has 0 saturated carbocycles. The fourth-order valence-corrected chi connectivity index (χ4v) is 0. The normalized spacial score (nSPS) is 3.40. The molecule has 0 spiro atoms. The Morgan fingerprint density at radius 2 is 2.20 bits per heavy atom. The zero-order valence-corrected chi connectivity index (χ0v) is 6.00. The summed E-state index contributed by atoms with van der Waals surface area (Å²) >= 11 is -1.41. The van der Waals surface area contributed by atoms with E-state index in [1.807, 2.05) is 0 Å². The second-order valence-corrected chi connectivity index (χ2v) is 0.605. The molecular formula is H2AlNaO3. The Morgan fingerprint density at radius 3 is 2.20 bits per heavy atom. The molecule has 0 radical (unpaired) electrons. The van der Waals surface area contributed by atoms with E-state index in [1.54, 1.807) is 0 Å². The number of hydrogen-bond acceptors (Lipinski definition) is 3. The molecule has 0 aromatic carbocycles. The first-order valence-electron chi connectivity index (χ1n) is 0.654. The average molecular weight is 100.0 g/mol. The third-order valence-corrected chi connectivity index (χ3v) is 0.129. The Morgan fingerprint density at radius 1 is 2.00 bits per heavy atom. The van der Waals surface area contributed by atoms with Gasteiger partial charge in [0.15, 0.2) is 0 Å². The number of rotatable bonds is 1. The van der Waals surface area contributed by atoms with Crippen LogP contribution < -0.4 is 29.6 Å². The van der Waals surface area contributed by atoms with Gasteiger partial charge in [-0.2, -0.15) is 0 Å². The van der Waals surface area contributed by atoms with Gasteiger partial charge in [0.2, 0.25) is 0 Å². The molecule has 0 aliphatic carbocycles. The van der Waals surface area contributed by atoms with Gasteiger partial charge in [-0.3, -0.25) is 0 Å². The zero-order chi connectivity index (χ0) is 3.41. The van der Waals surface area contributed by atoms with Crippen molar-refractivity contribution in [2.45, 2.75) is 0 Å². The molecular weight excluding hydrogens is 98.0 g/mol. The molecule has 0 bridgehead atoms. The summed E-state index contributed by atoms with van der Waals surface area (Å²) in [7, 11) is 0. The summed E-state index contributed by atoms with van der Waals surface area (Å²) in [5, 5.41) is 7.10. The maximum atomic E-state index is 8.91. The van der Waals surface area contributed by atoms with E-state index in [0.29, 0.717) is 0 Å². The van der Waals surface area contributed by atoms with Gasteiger partial charge in [-0.15, -0.1) is 0 Å². The molecule has 0 saturated heterocycles. The van der Waals surface area contributed by atoms with Gasteiger partial charge in [0, 0.05) is 0 Å². The van der Waals surface area contributed by atoms with E-state index in [-0.39, 0.29) is 31.0 Å². The Hall–Kier alpha value is 1.09. The maximum absolute atomic E-state index is 8.91. The molecule has 0 amide bonds. The quantitative estimate of drug-likeness (QED) is 0.212. The van der Waals surface area contributed by atoms with Crippen LogP contribution >= 0.6 is 0 Å². The van der Waals surface area contributed by atoms with E-state index in [2.05, 4.69) is 3.94 Å². The van der Waals surface area contributed by atoms with Crippen molar-refractivity contribution in [2.75, 3.05) is 0 Å². The molecule has 0 atom stereocenters. The summed E-state index contributed by atoms with van der Waals surface area (Å²) in [6.45, 7) is 0. The van der Waals surface area contributed by atoms with Crippen molar-refractivity contribution < 1.29 is 44.0 Å². The topological polar surface area (TPSA) is 46.5 Å². The zero-order valence-electron chi connectivity index (χ0n) is 3.84. The van der Waals surface area contributed by atoms with Crippen molar-refractivity contribution in [1.82, 2.24) is 0 Å². The second kappa shape index (κ2) is 8.92. The standard InChI is InChI=1S/Al.Na.H2O2.O.H/c;;1-2;;/h;;1-2H;;/q2*+1;;;-1/p-1. The third kappa shape index (κ3) is 11.1. The Bertz CT molecular complexity index is 24.8. The van der Waals surface area contributed by atoms with Crippen LogP contribution in [0, 0.1) is 0 Å². The molecule has 0 unspecified atom stereocenters. The summed E-state index contributed by atoms with van der Waals surface area (Å²) in [5.41, 5.74) is 0. The van der Waals surface area contributed by atoms with E-state index in [9.17, 15) is 0 Å². The van der Waals surface area contributed by atoms with Gasteiger partial charge in [-0.05, 0) is 0 Å². The summed E-state index contributed by atoms with van der Waals surface area (Å²) in [6.07, 6.45) is 0. The second-order valence-electron chi connectivity index (χ2n) is 0.202. The van der Waals surface area contributed by atoms with Crippen LogP contribution in [0.15, 0.2) is 0 Å². The van der Waals surface area contributed by atoms with E-state index in [0.717, 1.165) is 0 Å². The van der Waals surface area contributed by atoms with Crippen LogP contribution in [-0.4, -0.2) is 20.7 Å². The van der Waals surface area contributed by atoms with Crippen molar-refractivity contribution in [3.63, 3.8) is 0 Å². The molecule has 5 heavy (non-hydrogen) atoms. The van der Waals surface area contributed by atoms with E-state index < -0.39 is 15.5 Å². The summed E-state index contributed by atoms with van der Waals surface area (Å²) in [5.74, 6) is 0. The average Bonchev–Trinajstić information content (AvgIpc) is 1.37. The van der Waals surface area contributed by atoms with Crippen molar-refractivity contribution in [3.8, 4) is 0 Å².